The van der Waals surface area contributed by atoms with Gasteiger partial charge in [0.25, 0.3) is 5.91 Å². The van der Waals surface area contributed by atoms with E-state index in [1.54, 1.807) is 37.4 Å². The first kappa shape index (κ1) is 26.2. The molecule has 1 aliphatic rings. The fraction of sp³-hybridized carbons (Fsp3) is 0.423. The van der Waals surface area contributed by atoms with Gasteiger partial charge < -0.3 is 20.4 Å². The molecule has 4 rings (SSSR count). The third-order valence-corrected chi connectivity index (χ3v) is 6.33. The number of urea groups is 1. The number of benzene rings is 2. The first-order chi connectivity index (χ1) is 17.9. The molecule has 0 atom stereocenters. The van der Waals surface area contributed by atoms with Crippen molar-refractivity contribution in [3.8, 4) is 11.4 Å². The number of aryl methyl sites for hydroxylation is 1. The van der Waals surface area contributed by atoms with Gasteiger partial charge in [0.05, 0.1) is 0 Å². The van der Waals surface area contributed by atoms with E-state index < -0.39 is 0 Å². The monoisotopic (exact) mass is 508 g/mol. The van der Waals surface area contributed by atoms with E-state index in [9.17, 15) is 14.0 Å². The van der Waals surface area contributed by atoms with Gasteiger partial charge in [-0.2, -0.15) is 0 Å². The fourth-order valence-corrected chi connectivity index (χ4v) is 4.39. The average molecular weight is 509 g/mol. The van der Waals surface area contributed by atoms with Gasteiger partial charge in [0.2, 0.25) is 0 Å². The van der Waals surface area contributed by atoms with Crippen LogP contribution in [0.4, 0.5) is 14.9 Å². The van der Waals surface area contributed by atoms with Gasteiger partial charge in [-0.25, -0.2) is 13.9 Å². The molecule has 2 heterocycles. The number of carbonyl (C=O) groups excluding carboxylic acids is 2. The Hall–Kier alpha value is -3.86. The number of nitrogens with zero attached hydrogens (tertiary/aromatic N) is 6. The standard InChI is InChI=1S/C26H33FN8O2/c1-33(18-19-7-9-22(27)10-8-19)12-4-3-11-28-26(37)29-23-16-20(24-30-31-32-34(24)2)15-21(17-23)25(36)35-13-5-6-14-35/h7-10,15-17H,3-6,11-14,18H2,1-2H3,(H2,28,29,37). The molecule has 0 radical (unpaired) electrons. The van der Waals surface area contributed by atoms with Crippen LogP contribution < -0.4 is 10.6 Å². The third kappa shape index (κ3) is 7.32. The van der Waals surface area contributed by atoms with E-state index >= 15 is 0 Å². The number of halogens is 1. The summed E-state index contributed by atoms with van der Waals surface area (Å²) in [4.78, 5) is 29.6. The topological polar surface area (TPSA) is 108 Å². The summed E-state index contributed by atoms with van der Waals surface area (Å²) in [5, 5.41) is 17.3. The first-order valence-corrected chi connectivity index (χ1v) is 12.5. The summed E-state index contributed by atoms with van der Waals surface area (Å²) < 4.78 is 14.6. The number of aromatic nitrogens is 4. The highest BCUT2D eigenvalue weighted by atomic mass is 19.1. The molecule has 1 saturated heterocycles. The van der Waals surface area contributed by atoms with E-state index in [4.69, 9.17) is 0 Å². The molecule has 1 aromatic heterocycles. The predicted molar refractivity (Wildman–Crippen MR) is 138 cm³/mol. The molecule has 0 bridgehead atoms. The quantitative estimate of drug-likeness (QED) is 0.407. The Morgan fingerprint density at radius 2 is 1.84 bits per heavy atom. The van der Waals surface area contributed by atoms with Crippen LogP contribution in [0.15, 0.2) is 42.5 Å². The van der Waals surface area contributed by atoms with Gasteiger partial charge in [-0.3, -0.25) is 4.79 Å². The summed E-state index contributed by atoms with van der Waals surface area (Å²) in [6, 6.07) is 11.4. The highest BCUT2D eigenvalue weighted by Crippen LogP contribution is 2.24. The largest absolute Gasteiger partial charge is 0.339 e. The summed E-state index contributed by atoms with van der Waals surface area (Å²) in [6.45, 7) is 3.58. The third-order valence-electron chi connectivity index (χ3n) is 6.33. The minimum Gasteiger partial charge on any atom is -0.339 e. The van der Waals surface area contributed by atoms with E-state index in [-0.39, 0.29) is 17.8 Å². The molecule has 10 nitrogen and oxygen atoms in total. The van der Waals surface area contributed by atoms with Gasteiger partial charge in [0.1, 0.15) is 5.82 Å². The van der Waals surface area contributed by atoms with Gasteiger partial charge in [0, 0.05) is 50.0 Å². The number of anilines is 1. The van der Waals surface area contributed by atoms with Crippen molar-refractivity contribution in [1.29, 1.82) is 0 Å². The zero-order valence-electron chi connectivity index (χ0n) is 21.3. The van der Waals surface area contributed by atoms with Gasteiger partial charge in [0.15, 0.2) is 5.82 Å². The molecule has 11 heteroatoms. The second-order valence-corrected chi connectivity index (χ2v) is 9.38. The number of hydrogen-bond donors (Lipinski definition) is 2. The Morgan fingerprint density at radius 1 is 1.08 bits per heavy atom. The van der Waals surface area contributed by atoms with Crippen molar-refractivity contribution < 1.29 is 14.0 Å². The Bertz CT molecular complexity index is 1210. The number of nitrogens with one attached hydrogen (secondary N) is 2. The number of unbranched alkanes of at least 4 members (excludes halogenated alkanes) is 1. The second kappa shape index (κ2) is 12.4. The Morgan fingerprint density at radius 3 is 2.54 bits per heavy atom. The van der Waals surface area contributed by atoms with Crippen LogP contribution in [-0.4, -0.2) is 75.2 Å². The number of carbonyl (C=O) groups is 2. The summed E-state index contributed by atoms with van der Waals surface area (Å²) in [7, 11) is 3.74. The number of amides is 3. The van der Waals surface area contributed by atoms with E-state index in [1.807, 2.05) is 11.9 Å². The summed E-state index contributed by atoms with van der Waals surface area (Å²) in [5.41, 5.74) is 2.70. The van der Waals surface area contributed by atoms with E-state index in [2.05, 4.69) is 31.1 Å². The SMILES string of the molecule is CN(CCCCNC(=O)Nc1cc(C(=O)N2CCCC2)cc(-c2nnnn2C)c1)Cc1ccc(F)cc1. The van der Waals surface area contributed by atoms with Crippen LogP contribution in [0.3, 0.4) is 0 Å². The maximum Gasteiger partial charge on any atom is 0.319 e. The molecule has 1 aliphatic heterocycles. The lowest BCUT2D eigenvalue weighted by atomic mass is 10.1. The number of tetrazole rings is 1. The molecule has 0 aliphatic carbocycles. The van der Waals surface area contributed by atoms with Crippen molar-refractivity contribution >= 4 is 17.6 Å². The Labute approximate surface area is 215 Å². The molecular formula is C26H33FN8O2. The van der Waals surface area contributed by atoms with Crippen molar-refractivity contribution in [2.24, 2.45) is 7.05 Å². The smallest absolute Gasteiger partial charge is 0.319 e. The van der Waals surface area contributed by atoms with Crippen LogP contribution in [0.5, 0.6) is 0 Å². The lowest BCUT2D eigenvalue weighted by Crippen LogP contribution is -2.30. The van der Waals surface area contributed by atoms with E-state index in [0.717, 1.165) is 57.4 Å². The van der Waals surface area contributed by atoms with Crippen molar-refractivity contribution in [2.75, 3.05) is 38.5 Å². The average Bonchev–Trinajstić information content (AvgIpc) is 3.57. The first-order valence-electron chi connectivity index (χ1n) is 12.5. The summed E-state index contributed by atoms with van der Waals surface area (Å²) in [5.74, 6) is 0.203. The zero-order chi connectivity index (χ0) is 26.2. The van der Waals surface area contributed by atoms with Crippen LogP contribution in [-0.2, 0) is 13.6 Å². The molecule has 3 amide bonds. The van der Waals surface area contributed by atoms with Gasteiger partial charge >= 0.3 is 6.03 Å². The highest BCUT2D eigenvalue weighted by molar-refractivity contribution is 5.98. The molecule has 196 valence electrons. The molecule has 0 unspecified atom stereocenters. The van der Waals surface area contributed by atoms with Crippen LogP contribution in [0.1, 0.15) is 41.6 Å². The molecule has 2 aromatic carbocycles. The minimum atomic E-state index is -0.340. The Kier molecular flexibility index (Phi) is 8.78. The van der Waals surface area contributed by atoms with Crippen molar-refractivity contribution in [1.82, 2.24) is 35.3 Å². The molecule has 1 fully saturated rings. The molecule has 3 aromatic rings. The van der Waals surface area contributed by atoms with E-state index in [1.165, 1.54) is 16.8 Å². The molecule has 0 spiro atoms. The van der Waals surface area contributed by atoms with Gasteiger partial charge in [-0.1, -0.05) is 12.1 Å². The van der Waals surface area contributed by atoms with Crippen LogP contribution >= 0.6 is 0 Å². The fourth-order valence-electron chi connectivity index (χ4n) is 4.39. The minimum absolute atomic E-state index is 0.0670. The van der Waals surface area contributed by atoms with Gasteiger partial charge in [-0.05, 0) is 85.6 Å². The number of hydrogen-bond acceptors (Lipinski definition) is 6. The number of rotatable bonds is 10. The van der Waals surface area contributed by atoms with Gasteiger partial charge in [-0.15, -0.1) is 5.10 Å². The lowest BCUT2D eigenvalue weighted by Gasteiger charge is -2.17. The molecule has 37 heavy (non-hydrogen) atoms. The van der Waals surface area contributed by atoms with Crippen LogP contribution in [0, 0.1) is 5.82 Å². The second-order valence-electron chi connectivity index (χ2n) is 9.38. The summed E-state index contributed by atoms with van der Waals surface area (Å²) >= 11 is 0. The molecular weight excluding hydrogens is 475 g/mol. The van der Waals surface area contributed by atoms with Crippen LogP contribution in [0.25, 0.3) is 11.4 Å². The lowest BCUT2D eigenvalue weighted by molar-refractivity contribution is 0.0793. The predicted octanol–water partition coefficient (Wildman–Crippen LogP) is 3.29. The maximum absolute atomic E-state index is 13.1. The number of likely N-dealkylation sites (tertiary alicyclic amines) is 1. The normalized spacial score (nSPS) is 13.2. The van der Waals surface area contributed by atoms with Crippen molar-refractivity contribution in [3.05, 3.63) is 59.4 Å². The Balaban J connectivity index is 1.29. The van der Waals surface area contributed by atoms with Crippen molar-refractivity contribution in [2.45, 2.75) is 32.2 Å². The molecule has 2 N–H and O–H groups in total. The summed E-state index contributed by atoms with van der Waals surface area (Å²) in [6.07, 6.45) is 3.70. The van der Waals surface area contributed by atoms with E-state index in [0.29, 0.717) is 29.2 Å². The maximum atomic E-state index is 13.1. The highest BCUT2D eigenvalue weighted by Gasteiger charge is 2.21. The van der Waals surface area contributed by atoms with Crippen molar-refractivity contribution in [3.63, 3.8) is 0 Å². The van der Waals surface area contributed by atoms with Crippen LogP contribution in [0.2, 0.25) is 0 Å². The molecule has 0 saturated carbocycles. The zero-order valence-corrected chi connectivity index (χ0v) is 21.3.